The molecule has 41 heavy (non-hydrogen) atoms. The fourth-order valence-electron chi connectivity index (χ4n) is 4.03. The van der Waals surface area contributed by atoms with Crippen molar-refractivity contribution in [1.29, 1.82) is 0 Å². The van der Waals surface area contributed by atoms with Crippen molar-refractivity contribution in [2.24, 2.45) is 0 Å². The topological polar surface area (TPSA) is 118 Å². The van der Waals surface area contributed by atoms with Crippen LogP contribution in [0.25, 0.3) is 6.08 Å². The largest absolute Gasteiger partial charge is 0.496 e. The second-order valence-electron chi connectivity index (χ2n) is 8.67. The van der Waals surface area contributed by atoms with Gasteiger partial charge in [-0.05, 0) is 47.5 Å². The lowest BCUT2D eigenvalue weighted by molar-refractivity contribution is 0.0957. The van der Waals surface area contributed by atoms with E-state index in [4.69, 9.17) is 23.7 Å². The van der Waals surface area contributed by atoms with Crippen LogP contribution >= 0.6 is 0 Å². The number of para-hydroxylation sites is 1. The van der Waals surface area contributed by atoms with Gasteiger partial charge in [0, 0.05) is 24.7 Å². The standard InChI is InChI=1S/C30H33N5O6/c1-37-23-9-7-6-8-22(23)12-15-28(36)35-30(32-19-21-11-14-25(39-3)27(17-21)41-5)33-29(34-35)31-18-20-10-13-24(38-2)26(16-20)40-4/h6-17H,18-19H2,1-5H3,(H2,31,32,33,34)/b15-12+. The van der Waals surface area contributed by atoms with E-state index in [0.29, 0.717) is 41.8 Å². The summed E-state index contributed by atoms with van der Waals surface area (Å²) in [5, 5.41) is 10.8. The number of anilines is 2. The first-order valence-corrected chi connectivity index (χ1v) is 12.7. The number of ether oxygens (including phenoxy) is 5. The quantitative estimate of drug-likeness (QED) is 0.219. The molecular weight excluding hydrogens is 526 g/mol. The summed E-state index contributed by atoms with van der Waals surface area (Å²) < 4.78 is 28.0. The van der Waals surface area contributed by atoms with Crippen LogP contribution in [0.3, 0.4) is 0 Å². The minimum atomic E-state index is -0.391. The van der Waals surface area contributed by atoms with Crippen LogP contribution in [-0.2, 0) is 13.1 Å². The molecule has 11 heteroatoms. The fraction of sp³-hybridized carbons (Fsp3) is 0.233. The Hall–Kier alpha value is -5.19. The molecule has 0 amide bonds. The molecule has 11 nitrogen and oxygen atoms in total. The number of hydrogen-bond acceptors (Lipinski definition) is 10. The van der Waals surface area contributed by atoms with Crippen molar-refractivity contribution in [3.8, 4) is 28.7 Å². The van der Waals surface area contributed by atoms with Gasteiger partial charge in [0.25, 0.3) is 5.91 Å². The van der Waals surface area contributed by atoms with E-state index in [2.05, 4.69) is 20.7 Å². The molecule has 214 valence electrons. The third-order valence-corrected chi connectivity index (χ3v) is 6.16. The zero-order valence-electron chi connectivity index (χ0n) is 23.6. The highest BCUT2D eigenvalue weighted by atomic mass is 16.5. The Morgan fingerprint density at radius 1 is 0.732 bits per heavy atom. The lowest BCUT2D eigenvalue weighted by Gasteiger charge is -2.10. The van der Waals surface area contributed by atoms with Gasteiger partial charge in [0.1, 0.15) is 5.75 Å². The highest BCUT2D eigenvalue weighted by Crippen LogP contribution is 2.29. The lowest BCUT2D eigenvalue weighted by atomic mass is 10.2. The van der Waals surface area contributed by atoms with E-state index in [9.17, 15) is 4.79 Å². The van der Waals surface area contributed by atoms with Crippen LogP contribution in [-0.4, -0.2) is 56.2 Å². The second kappa shape index (κ2) is 13.7. The van der Waals surface area contributed by atoms with E-state index < -0.39 is 5.91 Å². The van der Waals surface area contributed by atoms with Crippen LogP contribution in [0, 0.1) is 0 Å². The maximum atomic E-state index is 13.3. The zero-order chi connectivity index (χ0) is 29.2. The van der Waals surface area contributed by atoms with Gasteiger partial charge in [0.2, 0.25) is 11.9 Å². The summed E-state index contributed by atoms with van der Waals surface area (Å²) in [6.45, 7) is 0.752. The number of hydrogen-bond donors (Lipinski definition) is 2. The van der Waals surface area contributed by atoms with Gasteiger partial charge in [-0.25, -0.2) is 0 Å². The van der Waals surface area contributed by atoms with Crippen LogP contribution in [0.1, 0.15) is 21.5 Å². The van der Waals surface area contributed by atoms with Gasteiger partial charge in [-0.15, -0.1) is 5.10 Å². The summed E-state index contributed by atoms with van der Waals surface area (Å²) in [4.78, 5) is 17.8. The van der Waals surface area contributed by atoms with Gasteiger partial charge in [0.15, 0.2) is 23.0 Å². The fourth-order valence-corrected chi connectivity index (χ4v) is 4.03. The number of rotatable bonds is 13. The van der Waals surface area contributed by atoms with Crippen molar-refractivity contribution < 1.29 is 28.5 Å². The summed E-state index contributed by atoms with van der Waals surface area (Å²) >= 11 is 0. The summed E-state index contributed by atoms with van der Waals surface area (Å²) in [6.07, 6.45) is 3.10. The Kier molecular flexibility index (Phi) is 9.66. The smallest absolute Gasteiger partial charge is 0.274 e. The van der Waals surface area contributed by atoms with E-state index in [-0.39, 0.29) is 11.9 Å². The Bertz CT molecular complexity index is 1520. The molecule has 0 spiro atoms. The summed E-state index contributed by atoms with van der Waals surface area (Å²) in [6, 6.07) is 18.6. The van der Waals surface area contributed by atoms with Crippen molar-refractivity contribution >= 4 is 23.9 Å². The zero-order valence-corrected chi connectivity index (χ0v) is 23.6. The van der Waals surface area contributed by atoms with Crippen molar-refractivity contribution in [2.45, 2.75) is 13.1 Å². The maximum absolute atomic E-state index is 13.3. The molecule has 0 atom stereocenters. The van der Waals surface area contributed by atoms with Gasteiger partial charge >= 0.3 is 0 Å². The predicted octanol–water partition coefficient (Wildman–Crippen LogP) is 4.90. The molecule has 4 rings (SSSR count). The Morgan fingerprint density at radius 2 is 1.29 bits per heavy atom. The van der Waals surface area contributed by atoms with Gasteiger partial charge in [-0.3, -0.25) is 4.79 Å². The molecular formula is C30H33N5O6. The highest BCUT2D eigenvalue weighted by Gasteiger charge is 2.16. The van der Waals surface area contributed by atoms with Crippen LogP contribution in [0.5, 0.6) is 28.7 Å². The van der Waals surface area contributed by atoms with Crippen LogP contribution in [0.2, 0.25) is 0 Å². The van der Waals surface area contributed by atoms with E-state index >= 15 is 0 Å². The van der Waals surface area contributed by atoms with Crippen molar-refractivity contribution in [1.82, 2.24) is 14.8 Å². The number of carbonyl (C=O) groups is 1. The third-order valence-electron chi connectivity index (χ3n) is 6.16. The van der Waals surface area contributed by atoms with Gasteiger partial charge in [0.05, 0.1) is 35.5 Å². The monoisotopic (exact) mass is 559 g/mol. The molecule has 0 bridgehead atoms. The average molecular weight is 560 g/mol. The van der Waals surface area contributed by atoms with Gasteiger partial charge in [-0.1, -0.05) is 30.3 Å². The number of nitrogens with zero attached hydrogens (tertiary/aromatic N) is 3. The number of nitrogens with one attached hydrogen (secondary N) is 2. The number of benzene rings is 3. The molecule has 1 aromatic heterocycles. The first-order valence-electron chi connectivity index (χ1n) is 12.7. The van der Waals surface area contributed by atoms with E-state index in [0.717, 1.165) is 16.7 Å². The summed E-state index contributed by atoms with van der Waals surface area (Å²) in [5.41, 5.74) is 2.57. The molecule has 3 aromatic carbocycles. The van der Waals surface area contributed by atoms with Crippen molar-refractivity contribution in [2.75, 3.05) is 46.2 Å². The molecule has 0 radical (unpaired) electrons. The number of carbonyl (C=O) groups excluding carboxylic acids is 1. The normalized spacial score (nSPS) is 10.8. The molecule has 0 saturated carbocycles. The highest BCUT2D eigenvalue weighted by molar-refractivity contribution is 5.95. The molecule has 0 unspecified atom stereocenters. The molecule has 0 fully saturated rings. The average Bonchev–Trinajstić information content (AvgIpc) is 3.44. The van der Waals surface area contributed by atoms with Gasteiger partial charge < -0.3 is 34.3 Å². The molecule has 0 aliphatic rings. The summed E-state index contributed by atoms with van der Waals surface area (Å²) in [5.74, 6) is 3.26. The third kappa shape index (κ3) is 7.07. The first kappa shape index (κ1) is 28.8. The Morgan fingerprint density at radius 3 is 1.88 bits per heavy atom. The molecule has 0 aliphatic heterocycles. The van der Waals surface area contributed by atoms with Gasteiger partial charge in [-0.2, -0.15) is 9.67 Å². The van der Waals surface area contributed by atoms with Crippen LogP contribution in [0.4, 0.5) is 11.9 Å². The Balaban J connectivity index is 1.57. The van der Waals surface area contributed by atoms with E-state index in [1.165, 1.54) is 10.8 Å². The second-order valence-corrected chi connectivity index (χ2v) is 8.67. The molecule has 2 N–H and O–H groups in total. The maximum Gasteiger partial charge on any atom is 0.274 e. The molecule has 1 heterocycles. The first-order chi connectivity index (χ1) is 20.0. The predicted molar refractivity (Wildman–Crippen MR) is 156 cm³/mol. The minimum Gasteiger partial charge on any atom is -0.496 e. The molecule has 4 aromatic rings. The van der Waals surface area contributed by atoms with Crippen LogP contribution < -0.4 is 34.3 Å². The molecule has 0 saturated heterocycles. The molecule has 0 aliphatic carbocycles. The van der Waals surface area contributed by atoms with Crippen molar-refractivity contribution in [3.63, 3.8) is 0 Å². The SMILES string of the molecule is COc1ccccc1/C=C/C(=O)n1nc(NCc2ccc(OC)c(OC)c2)nc1NCc1ccc(OC)c(OC)c1. The Labute approximate surface area is 238 Å². The van der Waals surface area contributed by atoms with E-state index in [1.807, 2.05) is 60.7 Å². The number of aromatic nitrogens is 3. The number of allylic oxidation sites excluding steroid dienone is 1. The summed E-state index contributed by atoms with van der Waals surface area (Å²) in [7, 11) is 7.91. The van der Waals surface area contributed by atoms with E-state index in [1.54, 1.807) is 41.6 Å². The van der Waals surface area contributed by atoms with Crippen LogP contribution in [0.15, 0.2) is 66.7 Å². The lowest BCUT2D eigenvalue weighted by Crippen LogP contribution is -2.14. The van der Waals surface area contributed by atoms with Crippen molar-refractivity contribution in [3.05, 3.63) is 83.4 Å². The number of methoxy groups -OCH3 is 5. The minimum absolute atomic E-state index is 0.268.